The Labute approximate surface area is 274 Å². The van der Waals surface area contributed by atoms with E-state index in [1.165, 1.54) is 7.11 Å². The number of hydrogen-bond donors (Lipinski definition) is 2. The van der Waals surface area contributed by atoms with E-state index in [9.17, 15) is 22.8 Å². The maximum absolute atomic E-state index is 13.4. The molecule has 1 aliphatic heterocycles. The van der Waals surface area contributed by atoms with Crippen molar-refractivity contribution < 1.29 is 47.3 Å². The fourth-order valence-electron chi connectivity index (χ4n) is 6.78. The van der Waals surface area contributed by atoms with Crippen molar-refractivity contribution in [1.82, 2.24) is 9.29 Å². The second kappa shape index (κ2) is 15.1. The first-order valence-corrected chi connectivity index (χ1v) is 17.7. The van der Waals surface area contributed by atoms with Crippen LogP contribution < -0.4 is 4.72 Å². The lowest BCUT2D eigenvalue weighted by atomic mass is 9.81. The van der Waals surface area contributed by atoms with Gasteiger partial charge in [0.15, 0.2) is 0 Å². The van der Waals surface area contributed by atoms with Crippen molar-refractivity contribution in [2.75, 3.05) is 13.7 Å². The van der Waals surface area contributed by atoms with Gasteiger partial charge in [-0.05, 0) is 70.9 Å². The van der Waals surface area contributed by atoms with Gasteiger partial charge in [0, 0.05) is 41.0 Å². The second-order valence-electron chi connectivity index (χ2n) is 12.7. The summed E-state index contributed by atoms with van der Waals surface area (Å²) in [6.45, 7) is 3.49. The number of hydrogen-bond acceptors (Lipinski definition) is 11. The number of aromatic nitrogens is 1. The minimum atomic E-state index is -3.68. The molecule has 2 heterocycles. The number of sulfonamides is 1. The minimum Gasteiger partial charge on any atom is -0.467 e. The van der Waals surface area contributed by atoms with Crippen molar-refractivity contribution in [3.8, 4) is 0 Å². The summed E-state index contributed by atoms with van der Waals surface area (Å²) in [4.78, 5) is 47.0. The molecule has 0 bridgehead atoms. The van der Waals surface area contributed by atoms with Crippen molar-refractivity contribution >= 4 is 50.6 Å². The summed E-state index contributed by atoms with van der Waals surface area (Å²) >= 11 is 0. The number of ether oxygens (including phenoxy) is 2. The third-order valence-electron chi connectivity index (χ3n) is 9.55. The molecule has 2 aromatic rings. The molecular formula is C33H43N3O10S. The molecule has 4 unspecified atom stereocenters. The average molecular weight is 674 g/mol. The van der Waals surface area contributed by atoms with Gasteiger partial charge in [-0.3, -0.25) is 10.1 Å². The van der Waals surface area contributed by atoms with Crippen molar-refractivity contribution in [1.29, 1.82) is 0 Å². The quantitative estimate of drug-likeness (QED) is 0.107. The second-order valence-corrected chi connectivity index (χ2v) is 14.7. The monoisotopic (exact) mass is 673 g/mol. The summed E-state index contributed by atoms with van der Waals surface area (Å²) in [5.41, 5.74) is 2.45. The molecule has 0 spiro atoms. The molecule has 4 atom stereocenters. The number of nitrogens with zero attached hydrogens (tertiary/aromatic N) is 2. The Balaban J connectivity index is 1.21. The summed E-state index contributed by atoms with van der Waals surface area (Å²) < 4.78 is 41.7. The number of esters is 2. The average Bonchev–Trinajstić information content (AvgIpc) is 3.64. The van der Waals surface area contributed by atoms with Crippen LogP contribution in [0.1, 0.15) is 83.2 Å². The fraction of sp³-hybridized carbons (Fsp3) is 0.576. The van der Waals surface area contributed by atoms with Crippen LogP contribution in [0.3, 0.4) is 0 Å². The number of benzene rings is 1. The largest absolute Gasteiger partial charge is 0.467 e. The third-order valence-corrected chi connectivity index (χ3v) is 11.5. The summed E-state index contributed by atoms with van der Waals surface area (Å²) in [6.07, 6.45) is 7.63. The standard InChI is InChI=1S/C33H43N3O10S/c1-20(46-40)15-16-44-32(38)23-7-6-8-26(17-23)47(41,42)35-25-13-11-22(12-14-25)30-28(33(39)45-34-30)18-24-19-36(21(2)31(37)43-3)29-10-5-4-9-27(24)29/h4-5,9-10,18-23,25-26,35,40H,6-8,11-17H2,1-3H3/b28-18-. The van der Waals surface area contributed by atoms with Gasteiger partial charge in [-0.25, -0.2) is 27.6 Å². The molecule has 14 heteroatoms. The smallest absolute Gasteiger partial charge is 0.367 e. The zero-order chi connectivity index (χ0) is 33.7. The molecule has 2 saturated carbocycles. The predicted octanol–water partition coefficient (Wildman–Crippen LogP) is 4.52. The number of carbonyl (C=O) groups is 3. The van der Waals surface area contributed by atoms with Gasteiger partial charge < -0.3 is 18.9 Å². The van der Waals surface area contributed by atoms with Crippen LogP contribution >= 0.6 is 0 Å². The number of oxime groups is 1. The van der Waals surface area contributed by atoms with E-state index in [2.05, 4.69) is 14.8 Å². The molecule has 0 amide bonds. The van der Waals surface area contributed by atoms with Crippen molar-refractivity contribution in [2.24, 2.45) is 17.0 Å². The Bertz CT molecular complexity index is 1640. The molecule has 1 aromatic carbocycles. The zero-order valence-corrected chi connectivity index (χ0v) is 27.7. The number of nitrogens with one attached hydrogen (secondary N) is 1. The zero-order valence-electron chi connectivity index (χ0n) is 26.9. The molecule has 2 fully saturated rings. The minimum absolute atomic E-state index is 0.0900. The maximum atomic E-state index is 13.4. The van der Waals surface area contributed by atoms with Gasteiger partial charge in [0.25, 0.3) is 0 Å². The lowest BCUT2D eigenvalue weighted by molar-refractivity contribution is -0.276. The van der Waals surface area contributed by atoms with Gasteiger partial charge in [0.05, 0.1) is 42.3 Å². The number of carbonyl (C=O) groups excluding carboxylic acids is 3. The highest BCUT2D eigenvalue weighted by atomic mass is 32.2. The Kier molecular flexibility index (Phi) is 11.2. The van der Waals surface area contributed by atoms with Crippen molar-refractivity contribution in [3.05, 3.63) is 41.6 Å². The van der Waals surface area contributed by atoms with Crippen LogP contribution in [0.25, 0.3) is 17.0 Å². The number of para-hydroxylation sites is 1. The number of rotatable bonds is 12. The predicted molar refractivity (Wildman–Crippen MR) is 172 cm³/mol. The van der Waals surface area contributed by atoms with E-state index in [0.29, 0.717) is 62.7 Å². The molecule has 3 aliphatic rings. The molecule has 47 heavy (non-hydrogen) atoms. The highest BCUT2D eigenvalue weighted by molar-refractivity contribution is 7.90. The summed E-state index contributed by atoms with van der Waals surface area (Å²) in [6, 6.07) is 6.74. The Hall–Kier alpha value is -3.59. The highest BCUT2D eigenvalue weighted by Gasteiger charge is 2.39. The van der Waals surface area contributed by atoms with E-state index in [1.807, 2.05) is 35.0 Å². The molecule has 0 radical (unpaired) electrons. The Morgan fingerprint density at radius 2 is 1.89 bits per heavy atom. The normalized spacial score (nSPS) is 25.7. The molecule has 256 valence electrons. The fourth-order valence-corrected chi connectivity index (χ4v) is 8.63. The van der Waals surface area contributed by atoms with Crippen molar-refractivity contribution in [3.63, 3.8) is 0 Å². The van der Waals surface area contributed by atoms with Gasteiger partial charge in [-0.15, -0.1) is 0 Å². The third kappa shape index (κ3) is 7.94. The topological polar surface area (TPSA) is 172 Å². The van der Waals surface area contributed by atoms with Gasteiger partial charge >= 0.3 is 17.9 Å². The molecular weight excluding hydrogens is 630 g/mol. The summed E-state index contributed by atoms with van der Waals surface area (Å²) in [5, 5.41) is 13.0. The highest BCUT2D eigenvalue weighted by Crippen LogP contribution is 2.35. The van der Waals surface area contributed by atoms with Gasteiger partial charge in [0.1, 0.15) is 6.04 Å². The van der Waals surface area contributed by atoms with Crippen LogP contribution in [-0.2, 0) is 43.6 Å². The van der Waals surface area contributed by atoms with Crippen LogP contribution in [0.5, 0.6) is 0 Å². The van der Waals surface area contributed by atoms with Crippen LogP contribution in [0.15, 0.2) is 41.2 Å². The van der Waals surface area contributed by atoms with Crippen LogP contribution in [0.2, 0.25) is 0 Å². The Morgan fingerprint density at radius 3 is 2.62 bits per heavy atom. The molecule has 5 rings (SSSR count). The van der Waals surface area contributed by atoms with Gasteiger partial charge in [-0.2, -0.15) is 0 Å². The summed E-state index contributed by atoms with van der Waals surface area (Å²) in [5.74, 6) is -1.95. The van der Waals surface area contributed by atoms with E-state index in [4.69, 9.17) is 19.6 Å². The molecule has 1 aromatic heterocycles. The molecule has 2 N–H and O–H groups in total. The van der Waals surface area contributed by atoms with E-state index < -0.39 is 45.3 Å². The maximum Gasteiger partial charge on any atom is 0.367 e. The first-order chi connectivity index (χ1) is 22.5. The van der Waals surface area contributed by atoms with E-state index >= 15 is 0 Å². The van der Waals surface area contributed by atoms with Crippen molar-refractivity contribution in [2.45, 2.75) is 95.1 Å². The molecule has 2 aliphatic carbocycles. The number of methoxy groups -OCH3 is 1. The molecule has 13 nitrogen and oxygen atoms in total. The summed E-state index contributed by atoms with van der Waals surface area (Å²) in [7, 11) is -2.34. The van der Waals surface area contributed by atoms with Crippen LogP contribution in [0, 0.1) is 11.8 Å². The van der Waals surface area contributed by atoms with E-state index in [0.717, 1.165) is 16.5 Å². The SMILES string of the molecule is COC(=O)C(C)n1cc(/C=C2\C(=O)ON=C2C2CCC(NS(=O)(=O)C3CCCC(C(=O)OCCC(C)OO)C3)CC2)c2ccccc21. The van der Waals surface area contributed by atoms with Crippen LogP contribution in [0.4, 0.5) is 0 Å². The lowest BCUT2D eigenvalue weighted by Crippen LogP contribution is -2.45. The van der Waals surface area contributed by atoms with E-state index in [-0.39, 0.29) is 31.0 Å². The van der Waals surface area contributed by atoms with Crippen LogP contribution in [-0.4, -0.2) is 73.0 Å². The molecule has 0 saturated heterocycles. The Morgan fingerprint density at radius 1 is 1.15 bits per heavy atom. The van der Waals surface area contributed by atoms with Gasteiger partial charge in [0.2, 0.25) is 10.0 Å². The first-order valence-electron chi connectivity index (χ1n) is 16.2. The lowest BCUT2D eigenvalue weighted by Gasteiger charge is -2.32. The number of fused-ring (bicyclic) bond motifs is 1. The van der Waals surface area contributed by atoms with Gasteiger partial charge in [-0.1, -0.05) is 29.8 Å². The van der Waals surface area contributed by atoms with E-state index in [1.54, 1.807) is 19.9 Å². The first kappa shape index (κ1) is 34.7.